The summed E-state index contributed by atoms with van der Waals surface area (Å²) < 4.78 is 20.5. The summed E-state index contributed by atoms with van der Waals surface area (Å²) in [5.74, 6) is 0.652. The van der Waals surface area contributed by atoms with E-state index in [1.807, 2.05) is 18.2 Å². The second-order valence-electron chi connectivity index (χ2n) is 6.85. The fraction of sp³-hybridized carbons (Fsp3) is 0.273. The van der Waals surface area contributed by atoms with E-state index in [-0.39, 0.29) is 5.82 Å². The summed E-state index contributed by atoms with van der Waals surface area (Å²) in [7, 11) is 3.83. The minimum Gasteiger partial charge on any atom is -0.497 e. The van der Waals surface area contributed by atoms with Gasteiger partial charge < -0.3 is 9.64 Å². The number of ether oxygens (including phenoxy) is 1. The molecule has 0 aliphatic carbocycles. The standard InChI is InChI=1S/C22H22FNOS/c1-24-9-7-15(8-10-24)11-16-3-5-18(23)13-20(16)22-12-17-4-6-19(25-2)14-21(17)26-22/h3-6,11-14H,7-10H2,1-2H3. The summed E-state index contributed by atoms with van der Waals surface area (Å²) in [5.41, 5.74) is 3.51. The van der Waals surface area contributed by atoms with Gasteiger partial charge in [0, 0.05) is 28.2 Å². The molecule has 3 aromatic rings. The minimum absolute atomic E-state index is 0.194. The maximum atomic E-state index is 14.0. The highest BCUT2D eigenvalue weighted by Crippen LogP contribution is 2.38. The average Bonchev–Trinajstić information content (AvgIpc) is 3.08. The van der Waals surface area contributed by atoms with E-state index in [0.717, 1.165) is 57.8 Å². The molecule has 0 atom stereocenters. The molecule has 0 amide bonds. The van der Waals surface area contributed by atoms with Gasteiger partial charge in [0.25, 0.3) is 0 Å². The van der Waals surface area contributed by atoms with Gasteiger partial charge in [-0.15, -0.1) is 11.3 Å². The Morgan fingerprint density at radius 2 is 1.88 bits per heavy atom. The van der Waals surface area contributed by atoms with Crippen LogP contribution in [0.2, 0.25) is 0 Å². The van der Waals surface area contributed by atoms with E-state index in [1.165, 1.54) is 5.57 Å². The van der Waals surface area contributed by atoms with Crippen molar-refractivity contribution in [2.75, 3.05) is 27.2 Å². The molecule has 1 fully saturated rings. The van der Waals surface area contributed by atoms with Gasteiger partial charge in [0.1, 0.15) is 11.6 Å². The van der Waals surface area contributed by atoms with Crippen LogP contribution in [0.3, 0.4) is 0 Å². The fourth-order valence-corrected chi connectivity index (χ4v) is 4.54. The van der Waals surface area contributed by atoms with Crippen LogP contribution in [0.5, 0.6) is 5.75 Å². The number of methoxy groups -OCH3 is 1. The van der Waals surface area contributed by atoms with Crippen molar-refractivity contribution in [3.63, 3.8) is 0 Å². The summed E-state index contributed by atoms with van der Waals surface area (Å²) in [6.45, 7) is 2.18. The molecule has 26 heavy (non-hydrogen) atoms. The van der Waals surface area contributed by atoms with Crippen LogP contribution in [0.15, 0.2) is 48.0 Å². The van der Waals surface area contributed by atoms with Gasteiger partial charge >= 0.3 is 0 Å². The number of halogens is 1. The molecule has 134 valence electrons. The van der Waals surface area contributed by atoms with Crippen molar-refractivity contribution in [3.8, 4) is 16.2 Å². The monoisotopic (exact) mass is 367 g/mol. The zero-order valence-corrected chi connectivity index (χ0v) is 15.9. The van der Waals surface area contributed by atoms with E-state index in [2.05, 4.69) is 30.2 Å². The maximum Gasteiger partial charge on any atom is 0.123 e. The molecule has 0 spiro atoms. The van der Waals surface area contributed by atoms with Gasteiger partial charge in [0.2, 0.25) is 0 Å². The number of hydrogen-bond donors (Lipinski definition) is 0. The normalized spacial score (nSPS) is 15.4. The van der Waals surface area contributed by atoms with Crippen molar-refractivity contribution in [3.05, 3.63) is 59.4 Å². The first-order valence-electron chi connectivity index (χ1n) is 8.88. The van der Waals surface area contributed by atoms with Gasteiger partial charge in [0.05, 0.1) is 7.11 Å². The van der Waals surface area contributed by atoms with Crippen LogP contribution in [0.25, 0.3) is 26.6 Å². The van der Waals surface area contributed by atoms with Crippen molar-refractivity contribution >= 4 is 27.5 Å². The van der Waals surface area contributed by atoms with Crippen molar-refractivity contribution in [2.45, 2.75) is 12.8 Å². The van der Waals surface area contributed by atoms with Crippen molar-refractivity contribution < 1.29 is 9.13 Å². The molecule has 4 heteroatoms. The number of fused-ring (bicyclic) bond motifs is 1. The van der Waals surface area contributed by atoms with Crippen molar-refractivity contribution in [1.82, 2.24) is 4.90 Å². The van der Waals surface area contributed by atoms with Crippen LogP contribution in [-0.2, 0) is 0 Å². The zero-order valence-electron chi connectivity index (χ0n) is 15.1. The molecular weight excluding hydrogens is 345 g/mol. The Labute approximate surface area is 157 Å². The number of hydrogen-bond acceptors (Lipinski definition) is 3. The predicted octanol–water partition coefficient (Wildman–Crippen LogP) is 5.83. The van der Waals surface area contributed by atoms with E-state index >= 15 is 0 Å². The Hall–Kier alpha value is -2.17. The second-order valence-corrected chi connectivity index (χ2v) is 7.94. The topological polar surface area (TPSA) is 12.5 Å². The van der Waals surface area contributed by atoms with E-state index in [0.29, 0.717) is 0 Å². The molecule has 0 N–H and O–H groups in total. The molecule has 2 aromatic carbocycles. The first-order valence-corrected chi connectivity index (χ1v) is 9.69. The number of piperidine rings is 1. The highest BCUT2D eigenvalue weighted by atomic mass is 32.1. The number of benzene rings is 2. The lowest BCUT2D eigenvalue weighted by atomic mass is 9.98. The molecule has 0 unspecified atom stereocenters. The van der Waals surface area contributed by atoms with Gasteiger partial charge in [0.15, 0.2) is 0 Å². The quantitative estimate of drug-likeness (QED) is 0.578. The van der Waals surface area contributed by atoms with Gasteiger partial charge in [-0.25, -0.2) is 4.39 Å². The summed E-state index contributed by atoms with van der Waals surface area (Å²) in [5, 5.41) is 1.16. The van der Waals surface area contributed by atoms with Gasteiger partial charge in [-0.3, -0.25) is 0 Å². The SMILES string of the molecule is COc1ccc2cc(-c3cc(F)ccc3C=C3CCN(C)CC3)sc2c1. The van der Waals surface area contributed by atoms with Gasteiger partial charge in [-0.2, -0.15) is 0 Å². The highest BCUT2D eigenvalue weighted by Gasteiger charge is 2.13. The fourth-order valence-electron chi connectivity index (χ4n) is 3.41. The largest absolute Gasteiger partial charge is 0.497 e. The van der Waals surface area contributed by atoms with Crippen LogP contribution in [0.1, 0.15) is 18.4 Å². The van der Waals surface area contributed by atoms with Crippen LogP contribution in [0.4, 0.5) is 4.39 Å². The van der Waals surface area contributed by atoms with Crippen LogP contribution in [-0.4, -0.2) is 32.1 Å². The average molecular weight is 367 g/mol. The molecule has 0 radical (unpaired) electrons. The molecule has 1 saturated heterocycles. The highest BCUT2D eigenvalue weighted by molar-refractivity contribution is 7.22. The Kier molecular flexibility index (Phi) is 4.79. The van der Waals surface area contributed by atoms with Crippen molar-refractivity contribution in [1.29, 1.82) is 0 Å². The smallest absolute Gasteiger partial charge is 0.123 e. The van der Waals surface area contributed by atoms with Gasteiger partial charge in [-0.1, -0.05) is 17.7 Å². The zero-order chi connectivity index (χ0) is 18.1. The number of likely N-dealkylation sites (tertiary alicyclic amines) is 1. The maximum absolute atomic E-state index is 14.0. The predicted molar refractivity (Wildman–Crippen MR) is 108 cm³/mol. The summed E-state index contributed by atoms with van der Waals surface area (Å²) in [6, 6.07) is 13.3. The number of rotatable bonds is 3. The molecular formula is C22H22FNOS. The third kappa shape index (κ3) is 3.53. The lowest BCUT2D eigenvalue weighted by molar-refractivity contribution is 0.313. The number of thiophene rings is 1. The van der Waals surface area contributed by atoms with Crippen LogP contribution < -0.4 is 4.74 Å². The summed E-state index contributed by atoms with van der Waals surface area (Å²) in [4.78, 5) is 3.44. The van der Waals surface area contributed by atoms with Crippen LogP contribution in [0, 0.1) is 5.82 Å². The lowest BCUT2D eigenvalue weighted by Gasteiger charge is -2.24. The molecule has 2 heterocycles. The minimum atomic E-state index is -0.194. The Bertz CT molecular complexity index is 965. The van der Waals surface area contributed by atoms with E-state index in [4.69, 9.17) is 4.74 Å². The second kappa shape index (κ2) is 7.22. The molecule has 1 aliphatic heterocycles. The molecule has 0 saturated carbocycles. The molecule has 0 bridgehead atoms. The third-order valence-corrected chi connectivity index (χ3v) is 6.13. The molecule has 4 rings (SSSR count). The lowest BCUT2D eigenvalue weighted by Crippen LogP contribution is -2.26. The van der Waals surface area contributed by atoms with E-state index in [1.54, 1.807) is 30.6 Å². The Balaban J connectivity index is 1.76. The summed E-state index contributed by atoms with van der Waals surface area (Å²) in [6.07, 6.45) is 4.42. The van der Waals surface area contributed by atoms with E-state index in [9.17, 15) is 4.39 Å². The first kappa shape index (κ1) is 17.3. The third-order valence-electron chi connectivity index (χ3n) is 5.00. The Morgan fingerprint density at radius 1 is 1.08 bits per heavy atom. The number of nitrogens with zero attached hydrogens (tertiary/aromatic N) is 1. The Morgan fingerprint density at radius 3 is 2.65 bits per heavy atom. The molecule has 1 aliphatic rings. The molecule has 1 aromatic heterocycles. The molecule has 2 nitrogen and oxygen atoms in total. The van der Waals surface area contributed by atoms with E-state index < -0.39 is 0 Å². The van der Waals surface area contributed by atoms with Gasteiger partial charge in [-0.05, 0) is 67.2 Å². The summed E-state index contributed by atoms with van der Waals surface area (Å²) >= 11 is 1.68. The van der Waals surface area contributed by atoms with Crippen LogP contribution >= 0.6 is 11.3 Å². The first-order chi connectivity index (χ1) is 12.6. The van der Waals surface area contributed by atoms with Crippen molar-refractivity contribution in [2.24, 2.45) is 0 Å².